The van der Waals surface area contributed by atoms with E-state index in [1.807, 2.05) is 30.3 Å². The van der Waals surface area contributed by atoms with Crippen molar-refractivity contribution in [1.82, 2.24) is 4.72 Å². The molecule has 168 valence electrons. The molecule has 2 N–H and O–H groups in total. The van der Waals surface area contributed by atoms with Crippen LogP contribution in [0.15, 0.2) is 83.8 Å². The molecule has 8 heteroatoms. The van der Waals surface area contributed by atoms with Crippen molar-refractivity contribution in [2.45, 2.75) is 24.3 Å². The van der Waals surface area contributed by atoms with Crippen molar-refractivity contribution in [2.24, 2.45) is 0 Å². The van der Waals surface area contributed by atoms with Gasteiger partial charge in [-0.1, -0.05) is 30.3 Å². The summed E-state index contributed by atoms with van der Waals surface area (Å²) in [7, 11) is -2.06. The Balaban J connectivity index is 1.52. The molecule has 3 rings (SSSR count). The van der Waals surface area contributed by atoms with Crippen molar-refractivity contribution in [3.8, 4) is 11.5 Å². The molecule has 1 unspecified atom stereocenters. The lowest BCUT2D eigenvalue weighted by Crippen LogP contribution is -2.30. The highest BCUT2D eigenvalue weighted by Crippen LogP contribution is 2.19. The summed E-state index contributed by atoms with van der Waals surface area (Å²) in [5.41, 5.74) is 1.53. The number of hydrogen-bond donors (Lipinski definition) is 2. The lowest BCUT2D eigenvalue weighted by molar-refractivity contribution is -0.122. The van der Waals surface area contributed by atoms with Gasteiger partial charge in [-0.15, -0.1) is 0 Å². The number of amides is 1. The molecule has 0 spiro atoms. The second-order valence-corrected chi connectivity index (χ2v) is 8.85. The number of anilines is 1. The molecule has 0 aliphatic carbocycles. The third-order valence-corrected chi connectivity index (χ3v) is 6.20. The van der Waals surface area contributed by atoms with Gasteiger partial charge in [0, 0.05) is 12.2 Å². The number of sulfonamides is 1. The maximum Gasteiger partial charge on any atom is 0.265 e. The Kier molecular flexibility index (Phi) is 7.86. The van der Waals surface area contributed by atoms with Crippen molar-refractivity contribution in [3.63, 3.8) is 0 Å². The molecule has 0 radical (unpaired) electrons. The van der Waals surface area contributed by atoms with Crippen LogP contribution in [0.2, 0.25) is 0 Å². The van der Waals surface area contributed by atoms with E-state index in [1.54, 1.807) is 50.4 Å². The molecule has 7 nitrogen and oxygen atoms in total. The summed E-state index contributed by atoms with van der Waals surface area (Å²) in [5, 5.41) is 2.72. The van der Waals surface area contributed by atoms with E-state index in [4.69, 9.17) is 9.47 Å². The summed E-state index contributed by atoms with van der Waals surface area (Å²) in [4.78, 5) is 12.5. The number of methoxy groups -OCH3 is 1. The third-order valence-electron chi connectivity index (χ3n) is 4.72. The van der Waals surface area contributed by atoms with E-state index in [1.165, 1.54) is 12.1 Å². The zero-order chi connectivity index (χ0) is 23.0. The van der Waals surface area contributed by atoms with Gasteiger partial charge in [-0.25, -0.2) is 13.1 Å². The minimum Gasteiger partial charge on any atom is -0.497 e. The van der Waals surface area contributed by atoms with Gasteiger partial charge in [0.05, 0.1) is 12.0 Å². The van der Waals surface area contributed by atoms with Crippen LogP contribution in [0.25, 0.3) is 0 Å². The molecule has 0 aliphatic heterocycles. The first kappa shape index (κ1) is 23.3. The Morgan fingerprint density at radius 2 is 1.53 bits per heavy atom. The van der Waals surface area contributed by atoms with Crippen LogP contribution in [0.3, 0.4) is 0 Å². The summed E-state index contributed by atoms with van der Waals surface area (Å²) in [6.45, 7) is 1.93. The minimum absolute atomic E-state index is 0.131. The van der Waals surface area contributed by atoms with Gasteiger partial charge in [0.25, 0.3) is 5.91 Å². The monoisotopic (exact) mass is 454 g/mol. The number of ether oxygens (including phenoxy) is 2. The Hall–Kier alpha value is -3.36. The largest absolute Gasteiger partial charge is 0.497 e. The topological polar surface area (TPSA) is 93.7 Å². The van der Waals surface area contributed by atoms with Gasteiger partial charge < -0.3 is 14.8 Å². The summed E-state index contributed by atoms with van der Waals surface area (Å²) in [6.07, 6.45) is -0.147. The molecule has 1 atom stereocenters. The average Bonchev–Trinajstić information content (AvgIpc) is 2.80. The van der Waals surface area contributed by atoms with Crippen LogP contribution in [-0.4, -0.2) is 34.1 Å². The molecule has 0 aliphatic rings. The molecule has 32 heavy (non-hydrogen) atoms. The Morgan fingerprint density at radius 3 is 2.16 bits per heavy atom. The number of rotatable bonds is 10. The maximum absolute atomic E-state index is 12.5. The van der Waals surface area contributed by atoms with Gasteiger partial charge in [0.15, 0.2) is 6.10 Å². The van der Waals surface area contributed by atoms with E-state index in [2.05, 4.69) is 10.0 Å². The van der Waals surface area contributed by atoms with E-state index in [9.17, 15) is 13.2 Å². The lowest BCUT2D eigenvalue weighted by atomic mass is 10.2. The molecule has 0 fully saturated rings. The predicted molar refractivity (Wildman–Crippen MR) is 123 cm³/mol. The predicted octanol–water partition coefficient (Wildman–Crippen LogP) is 3.62. The molecular weight excluding hydrogens is 428 g/mol. The van der Waals surface area contributed by atoms with Crippen LogP contribution in [-0.2, 0) is 21.2 Å². The van der Waals surface area contributed by atoms with Crippen LogP contribution in [0.4, 0.5) is 5.69 Å². The highest BCUT2D eigenvalue weighted by molar-refractivity contribution is 7.89. The third kappa shape index (κ3) is 6.57. The van der Waals surface area contributed by atoms with Crippen molar-refractivity contribution in [3.05, 3.63) is 84.4 Å². The van der Waals surface area contributed by atoms with Crippen molar-refractivity contribution < 1.29 is 22.7 Å². The highest BCUT2D eigenvalue weighted by atomic mass is 32.2. The van der Waals surface area contributed by atoms with Crippen LogP contribution in [0.5, 0.6) is 11.5 Å². The van der Waals surface area contributed by atoms with Gasteiger partial charge in [0.1, 0.15) is 11.5 Å². The highest BCUT2D eigenvalue weighted by Gasteiger charge is 2.17. The zero-order valence-electron chi connectivity index (χ0n) is 17.9. The number of carbonyl (C=O) groups excluding carboxylic acids is 1. The van der Waals surface area contributed by atoms with Crippen LogP contribution in [0, 0.1) is 0 Å². The molecule has 0 heterocycles. The summed E-state index contributed by atoms with van der Waals surface area (Å²) < 4.78 is 38.3. The smallest absolute Gasteiger partial charge is 0.265 e. The number of nitrogens with one attached hydrogen (secondary N) is 2. The first-order valence-corrected chi connectivity index (χ1v) is 11.6. The van der Waals surface area contributed by atoms with Crippen molar-refractivity contribution >= 4 is 21.6 Å². The summed E-state index contributed by atoms with van der Waals surface area (Å²) in [6, 6.07) is 22.6. The molecule has 0 aromatic heterocycles. The van der Waals surface area contributed by atoms with Crippen molar-refractivity contribution in [1.29, 1.82) is 0 Å². The van der Waals surface area contributed by atoms with E-state index in [-0.39, 0.29) is 10.8 Å². The van der Waals surface area contributed by atoms with Gasteiger partial charge in [-0.05, 0) is 67.4 Å². The van der Waals surface area contributed by atoms with Gasteiger partial charge in [0.2, 0.25) is 10.0 Å². The van der Waals surface area contributed by atoms with Crippen LogP contribution >= 0.6 is 0 Å². The first-order chi connectivity index (χ1) is 15.4. The number of hydrogen-bond acceptors (Lipinski definition) is 5. The maximum atomic E-state index is 12.5. The standard InChI is InChI=1S/C24H26N2O5S/c1-18(31-22-12-10-21(30-2)11-13-22)24(27)26-20-8-14-23(15-9-20)32(28,29)25-17-16-19-6-4-3-5-7-19/h3-15,18,25H,16-17H2,1-2H3,(H,26,27). The van der Waals surface area contributed by atoms with E-state index < -0.39 is 16.1 Å². The quantitative estimate of drug-likeness (QED) is 0.488. The first-order valence-electron chi connectivity index (χ1n) is 10.1. The molecule has 0 saturated carbocycles. The summed E-state index contributed by atoms with van der Waals surface area (Å²) >= 11 is 0. The molecule has 3 aromatic rings. The minimum atomic E-state index is -3.64. The second kappa shape index (κ2) is 10.8. The molecule has 3 aromatic carbocycles. The molecule has 0 saturated heterocycles. The SMILES string of the molecule is COc1ccc(OC(C)C(=O)Nc2ccc(S(=O)(=O)NCCc3ccccc3)cc2)cc1. The van der Waals surface area contributed by atoms with E-state index in [0.29, 0.717) is 30.2 Å². The number of benzene rings is 3. The Labute approximate surface area is 188 Å². The van der Waals surface area contributed by atoms with Gasteiger partial charge >= 0.3 is 0 Å². The fourth-order valence-corrected chi connectivity index (χ4v) is 3.96. The zero-order valence-corrected chi connectivity index (χ0v) is 18.8. The Bertz CT molecular complexity index is 1120. The fraction of sp³-hybridized carbons (Fsp3) is 0.208. The molecular formula is C24H26N2O5S. The van der Waals surface area contributed by atoms with Gasteiger partial charge in [-0.2, -0.15) is 0 Å². The molecule has 1 amide bonds. The molecule has 0 bridgehead atoms. The van der Waals surface area contributed by atoms with E-state index in [0.717, 1.165) is 5.56 Å². The second-order valence-electron chi connectivity index (χ2n) is 7.08. The van der Waals surface area contributed by atoms with Crippen LogP contribution in [0.1, 0.15) is 12.5 Å². The fourth-order valence-electron chi connectivity index (χ4n) is 2.93. The van der Waals surface area contributed by atoms with Gasteiger partial charge in [-0.3, -0.25) is 4.79 Å². The van der Waals surface area contributed by atoms with E-state index >= 15 is 0 Å². The van der Waals surface area contributed by atoms with Crippen molar-refractivity contribution in [2.75, 3.05) is 19.0 Å². The average molecular weight is 455 g/mol. The summed E-state index contributed by atoms with van der Waals surface area (Å²) in [5.74, 6) is 0.882. The number of carbonyl (C=O) groups is 1. The lowest BCUT2D eigenvalue weighted by Gasteiger charge is -2.15. The normalized spacial score (nSPS) is 12.1. The van der Waals surface area contributed by atoms with Crippen LogP contribution < -0.4 is 19.5 Å². The Morgan fingerprint density at radius 1 is 0.906 bits per heavy atom.